The summed E-state index contributed by atoms with van der Waals surface area (Å²) in [6.45, 7) is 2.26. The number of hydrogen-bond donors (Lipinski definition) is 2. The zero-order chi connectivity index (χ0) is 18.9. The number of ether oxygens (including phenoxy) is 1. The number of aromatic nitrogens is 3. The van der Waals surface area contributed by atoms with Crippen LogP contribution in [0.1, 0.15) is 12.0 Å². The van der Waals surface area contributed by atoms with Crippen LogP contribution >= 0.6 is 0 Å². The lowest BCUT2D eigenvalue weighted by molar-refractivity contribution is 0.414. The normalized spacial score (nSPS) is 10.4. The Labute approximate surface area is 158 Å². The van der Waals surface area contributed by atoms with Crippen LogP contribution in [0.15, 0.2) is 65.7 Å². The van der Waals surface area contributed by atoms with Crippen molar-refractivity contribution in [2.24, 2.45) is 0 Å². The van der Waals surface area contributed by atoms with Crippen molar-refractivity contribution in [2.45, 2.75) is 13.0 Å². The van der Waals surface area contributed by atoms with Crippen LogP contribution in [0.5, 0.6) is 5.75 Å². The first-order chi connectivity index (χ1) is 13.2. The highest BCUT2D eigenvalue weighted by molar-refractivity contribution is 5.40. The Bertz CT molecular complexity index is 881. The van der Waals surface area contributed by atoms with E-state index in [0.29, 0.717) is 12.5 Å². The molecule has 0 aliphatic carbocycles. The maximum absolute atomic E-state index is 11.3. The number of H-pyrrole nitrogens is 1. The van der Waals surface area contributed by atoms with Crippen LogP contribution in [0.25, 0.3) is 0 Å². The number of hydrogen-bond acceptors (Lipinski definition) is 6. The number of anilines is 2. The van der Waals surface area contributed by atoms with Crippen molar-refractivity contribution in [1.29, 1.82) is 0 Å². The van der Waals surface area contributed by atoms with Crippen molar-refractivity contribution in [1.82, 2.24) is 15.0 Å². The molecule has 7 nitrogen and oxygen atoms in total. The summed E-state index contributed by atoms with van der Waals surface area (Å²) in [5.74, 6) is 2.26. The van der Waals surface area contributed by atoms with Gasteiger partial charge in [-0.25, -0.2) is 9.97 Å². The fourth-order valence-corrected chi connectivity index (χ4v) is 2.70. The zero-order valence-electron chi connectivity index (χ0n) is 15.3. The number of pyridine rings is 1. The molecule has 0 aliphatic rings. The second kappa shape index (κ2) is 9.38. The molecule has 2 N–H and O–H groups in total. The van der Waals surface area contributed by atoms with E-state index in [0.717, 1.165) is 31.1 Å². The van der Waals surface area contributed by atoms with Gasteiger partial charge < -0.3 is 15.0 Å². The molecule has 3 rings (SSSR count). The fourth-order valence-electron chi connectivity index (χ4n) is 2.70. The van der Waals surface area contributed by atoms with Gasteiger partial charge >= 0.3 is 0 Å². The van der Waals surface area contributed by atoms with E-state index in [9.17, 15) is 4.79 Å². The van der Waals surface area contributed by atoms with Gasteiger partial charge in [0.2, 0.25) is 5.95 Å². The molecule has 0 saturated heterocycles. The van der Waals surface area contributed by atoms with Crippen molar-refractivity contribution in [3.05, 3.63) is 76.8 Å². The van der Waals surface area contributed by atoms with E-state index in [1.165, 1.54) is 17.8 Å². The lowest BCUT2D eigenvalue weighted by atomic mass is 10.2. The molecule has 3 aromatic rings. The number of aromatic amines is 1. The highest BCUT2D eigenvalue weighted by Gasteiger charge is 2.09. The minimum absolute atomic E-state index is 0.165. The van der Waals surface area contributed by atoms with Gasteiger partial charge in [-0.15, -0.1) is 0 Å². The maximum atomic E-state index is 11.3. The fraction of sp³-hybridized carbons (Fsp3) is 0.250. The van der Waals surface area contributed by atoms with E-state index in [2.05, 4.69) is 37.3 Å². The molecular weight excluding hydrogens is 342 g/mol. The molecule has 2 aromatic heterocycles. The minimum atomic E-state index is -0.165. The first kappa shape index (κ1) is 18.4. The Hall–Kier alpha value is -3.35. The van der Waals surface area contributed by atoms with E-state index in [-0.39, 0.29) is 5.56 Å². The largest absolute Gasteiger partial charge is 0.497 e. The Balaban J connectivity index is 1.60. The summed E-state index contributed by atoms with van der Waals surface area (Å²) in [5, 5.41) is 3.14. The van der Waals surface area contributed by atoms with Gasteiger partial charge in [0.05, 0.1) is 7.11 Å². The second-order valence-electron chi connectivity index (χ2n) is 6.02. The van der Waals surface area contributed by atoms with E-state index in [1.54, 1.807) is 13.3 Å². The molecule has 27 heavy (non-hydrogen) atoms. The van der Waals surface area contributed by atoms with Gasteiger partial charge in [0.25, 0.3) is 5.56 Å². The molecule has 0 spiro atoms. The van der Waals surface area contributed by atoms with Gasteiger partial charge in [0.15, 0.2) is 0 Å². The molecule has 0 amide bonds. The molecule has 0 aliphatic heterocycles. The molecule has 7 heteroatoms. The second-order valence-corrected chi connectivity index (χ2v) is 6.02. The lowest BCUT2D eigenvalue weighted by Crippen LogP contribution is -2.26. The summed E-state index contributed by atoms with van der Waals surface area (Å²) in [6, 6.07) is 15.3. The summed E-state index contributed by atoms with van der Waals surface area (Å²) in [6.07, 6.45) is 4.16. The predicted octanol–water partition coefficient (Wildman–Crippen LogP) is 2.68. The van der Waals surface area contributed by atoms with Crippen molar-refractivity contribution >= 4 is 11.8 Å². The molecule has 0 saturated carbocycles. The number of nitrogens with zero attached hydrogens (tertiary/aromatic N) is 3. The Morgan fingerprint density at radius 2 is 1.93 bits per heavy atom. The summed E-state index contributed by atoms with van der Waals surface area (Å²) in [4.78, 5) is 24.8. The molecule has 140 valence electrons. The van der Waals surface area contributed by atoms with Gasteiger partial charge in [0, 0.05) is 38.1 Å². The third-order valence-corrected chi connectivity index (χ3v) is 4.07. The Kier molecular flexibility index (Phi) is 6.40. The molecule has 0 atom stereocenters. The summed E-state index contributed by atoms with van der Waals surface area (Å²) >= 11 is 0. The van der Waals surface area contributed by atoms with E-state index in [4.69, 9.17) is 4.74 Å². The highest BCUT2D eigenvalue weighted by Crippen LogP contribution is 2.17. The van der Waals surface area contributed by atoms with Gasteiger partial charge in [-0.2, -0.15) is 0 Å². The SMILES string of the molecule is COc1ccc(CN(CCCNc2nccc(=O)[nH]2)c2ccccn2)cc1. The minimum Gasteiger partial charge on any atom is -0.497 e. The molecule has 0 unspecified atom stereocenters. The number of methoxy groups -OCH3 is 1. The average Bonchev–Trinajstić information content (AvgIpc) is 2.71. The van der Waals surface area contributed by atoms with Crippen LogP contribution in [0.4, 0.5) is 11.8 Å². The standard InChI is InChI=1S/C20H23N5O2/c1-27-17-8-6-16(7-9-17)15-25(18-5-2-3-11-21-18)14-4-12-22-20-23-13-10-19(26)24-20/h2-3,5-11,13H,4,12,14-15H2,1H3,(H2,22,23,24,26). The van der Waals surface area contributed by atoms with Gasteiger partial charge in [-0.1, -0.05) is 18.2 Å². The first-order valence-electron chi connectivity index (χ1n) is 8.83. The first-order valence-corrected chi connectivity index (χ1v) is 8.83. The number of benzene rings is 1. The summed E-state index contributed by atoms with van der Waals surface area (Å²) < 4.78 is 5.22. The maximum Gasteiger partial charge on any atom is 0.252 e. The molecule has 2 heterocycles. The van der Waals surface area contributed by atoms with Crippen LogP contribution in [0.3, 0.4) is 0 Å². The van der Waals surface area contributed by atoms with Gasteiger partial charge in [-0.3, -0.25) is 9.78 Å². The monoisotopic (exact) mass is 365 g/mol. The predicted molar refractivity (Wildman–Crippen MR) is 106 cm³/mol. The van der Waals surface area contributed by atoms with Crippen molar-refractivity contribution in [2.75, 3.05) is 30.4 Å². The quantitative estimate of drug-likeness (QED) is 0.567. The Morgan fingerprint density at radius 3 is 2.63 bits per heavy atom. The van der Waals surface area contributed by atoms with Crippen molar-refractivity contribution < 1.29 is 4.74 Å². The van der Waals surface area contributed by atoms with Crippen LogP contribution in [-0.2, 0) is 6.54 Å². The molecule has 0 radical (unpaired) electrons. The van der Waals surface area contributed by atoms with Crippen LogP contribution in [-0.4, -0.2) is 35.2 Å². The topological polar surface area (TPSA) is 83.1 Å². The van der Waals surface area contributed by atoms with Crippen LogP contribution < -0.4 is 20.5 Å². The molecule has 0 fully saturated rings. The van der Waals surface area contributed by atoms with E-state index in [1.807, 2.05) is 30.3 Å². The highest BCUT2D eigenvalue weighted by atomic mass is 16.5. The van der Waals surface area contributed by atoms with Crippen molar-refractivity contribution in [3.8, 4) is 5.75 Å². The van der Waals surface area contributed by atoms with Crippen LogP contribution in [0.2, 0.25) is 0 Å². The number of nitrogens with one attached hydrogen (secondary N) is 2. The third kappa shape index (κ3) is 5.57. The molecule has 0 bridgehead atoms. The zero-order valence-corrected chi connectivity index (χ0v) is 15.3. The van der Waals surface area contributed by atoms with Gasteiger partial charge in [0.1, 0.15) is 11.6 Å². The smallest absolute Gasteiger partial charge is 0.252 e. The van der Waals surface area contributed by atoms with E-state index >= 15 is 0 Å². The number of rotatable bonds is 9. The molecular formula is C20H23N5O2. The van der Waals surface area contributed by atoms with Crippen molar-refractivity contribution in [3.63, 3.8) is 0 Å². The van der Waals surface area contributed by atoms with Gasteiger partial charge in [-0.05, 0) is 36.2 Å². The lowest BCUT2D eigenvalue weighted by Gasteiger charge is -2.24. The summed E-state index contributed by atoms with van der Waals surface area (Å²) in [5.41, 5.74) is 1.02. The van der Waals surface area contributed by atoms with E-state index < -0.39 is 0 Å². The van der Waals surface area contributed by atoms with Crippen LogP contribution in [0, 0.1) is 0 Å². The summed E-state index contributed by atoms with van der Waals surface area (Å²) in [7, 11) is 1.66. The molecule has 1 aromatic carbocycles. The third-order valence-electron chi connectivity index (χ3n) is 4.07. The average molecular weight is 365 g/mol. The Morgan fingerprint density at radius 1 is 1.07 bits per heavy atom.